The van der Waals surface area contributed by atoms with Crippen molar-refractivity contribution in [2.75, 3.05) is 6.54 Å². The molecule has 3 rings (SSSR count). The molecule has 92 valence electrons. The lowest BCUT2D eigenvalue weighted by Gasteiger charge is -2.46. The molecule has 2 aliphatic rings. The highest BCUT2D eigenvalue weighted by Crippen LogP contribution is 2.50. The van der Waals surface area contributed by atoms with Gasteiger partial charge >= 0.3 is 0 Å². The molecule has 1 aromatic rings. The molecule has 0 radical (unpaired) electrons. The van der Waals surface area contributed by atoms with E-state index >= 15 is 0 Å². The number of rotatable bonds is 0. The Balaban J connectivity index is 2.05. The van der Waals surface area contributed by atoms with Crippen LogP contribution in [0, 0.1) is 0 Å². The molecule has 0 bridgehead atoms. The third-order valence-electron chi connectivity index (χ3n) is 4.22. The van der Waals surface area contributed by atoms with Gasteiger partial charge in [-0.15, -0.1) is 11.8 Å². The molecule has 1 nitrogen and oxygen atoms in total. The third-order valence-corrected chi connectivity index (χ3v) is 5.83. The van der Waals surface area contributed by atoms with Crippen LogP contribution in [0.4, 0.5) is 0 Å². The Bertz CT molecular complexity index is 417. The first-order chi connectivity index (χ1) is 8.21. The third kappa shape index (κ3) is 1.92. The molecule has 1 saturated heterocycles. The Morgan fingerprint density at radius 1 is 1.24 bits per heavy atom. The molecule has 0 saturated carbocycles. The zero-order valence-corrected chi connectivity index (χ0v) is 11.5. The maximum Gasteiger partial charge on any atom is 0.0907 e. The SMILES string of the molecule is CC1CCNC2(CCC(C)c3ccccc32)S1. The Kier molecular flexibility index (Phi) is 2.95. The van der Waals surface area contributed by atoms with E-state index in [2.05, 4.69) is 55.2 Å². The average molecular weight is 247 g/mol. The summed E-state index contributed by atoms with van der Waals surface area (Å²) in [6.45, 7) is 5.90. The van der Waals surface area contributed by atoms with E-state index in [9.17, 15) is 0 Å². The smallest absolute Gasteiger partial charge is 0.0907 e. The molecule has 2 heteroatoms. The Hall–Kier alpha value is -0.470. The summed E-state index contributed by atoms with van der Waals surface area (Å²) in [4.78, 5) is 0.209. The maximum atomic E-state index is 3.80. The van der Waals surface area contributed by atoms with Gasteiger partial charge < -0.3 is 0 Å². The van der Waals surface area contributed by atoms with E-state index in [1.807, 2.05) is 0 Å². The van der Waals surface area contributed by atoms with Crippen molar-refractivity contribution < 1.29 is 0 Å². The molecule has 1 aliphatic carbocycles. The molecule has 17 heavy (non-hydrogen) atoms. The summed E-state index contributed by atoms with van der Waals surface area (Å²) in [5, 5.41) is 4.58. The Morgan fingerprint density at radius 3 is 2.88 bits per heavy atom. The molecule has 1 aliphatic heterocycles. The van der Waals surface area contributed by atoms with E-state index in [4.69, 9.17) is 0 Å². The lowest BCUT2D eigenvalue weighted by molar-refractivity contribution is 0.376. The van der Waals surface area contributed by atoms with Gasteiger partial charge in [0.1, 0.15) is 0 Å². The molecule has 0 amide bonds. The molecular weight excluding hydrogens is 226 g/mol. The first kappa shape index (κ1) is 11.6. The van der Waals surface area contributed by atoms with Gasteiger partial charge in [0, 0.05) is 5.25 Å². The summed E-state index contributed by atoms with van der Waals surface area (Å²) < 4.78 is 0. The fourth-order valence-electron chi connectivity index (χ4n) is 3.23. The maximum absolute atomic E-state index is 3.80. The quantitative estimate of drug-likeness (QED) is 0.747. The second kappa shape index (κ2) is 4.33. The van der Waals surface area contributed by atoms with Crippen molar-refractivity contribution >= 4 is 11.8 Å². The summed E-state index contributed by atoms with van der Waals surface area (Å²) in [5.74, 6) is 0.719. The van der Waals surface area contributed by atoms with Crippen LogP contribution in [0.15, 0.2) is 24.3 Å². The fourth-order valence-corrected chi connectivity index (χ4v) is 4.89. The van der Waals surface area contributed by atoms with Crippen molar-refractivity contribution in [3.05, 3.63) is 35.4 Å². The monoisotopic (exact) mass is 247 g/mol. The van der Waals surface area contributed by atoms with Crippen LogP contribution >= 0.6 is 11.8 Å². The van der Waals surface area contributed by atoms with Gasteiger partial charge in [0.25, 0.3) is 0 Å². The van der Waals surface area contributed by atoms with Crippen LogP contribution in [0.2, 0.25) is 0 Å². The van der Waals surface area contributed by atoms with Crippen molar-refractivity contribution in [1.29, 1.82) is 0 Å². The molecule has 0 aromatic heterocycles. The summed E-state index contributed by atoms with van der Waals surface area (Å²) in [7, 11) is 0. The largest absolute Gasteiger partial charge is 0.299 e. The Labute approximate surface area is 108 Å². The van der Waals surface area contributed by atoms with Gasteiger partial charge in [-0.05, 0) is 42.9 Å². The van der Waals surface area contributed by atoms with Crippen LogP contribution < -0.4 is 5.32 Å². The first-order valence-corrected chi connectivity index (χ1v) is 7.61. The average Bonchev–Trinajstić information content (AvgIpc) is 2.35. The van der Waals surface area contributed by atoms with Crippen molar-refractivity contribution in [3.63, 3.8) is 0 Å². The molecule has 1 heterocycles. The van der Waals surface area contributed by atoms with Crippen LogP contribution in [0.1, 0.15) is 50.2 Å². The lowest BCUT2D eigenvalue weighted by Crippen LogP contribution is -2.47. The highest BCUT2D eigenvalue weighted by molar-refractivity contribution is 8.00. The van der Waals surface area contributed by atoms with Crippen molar-refractivity contribution in [3.8, 4) is 0 Å². The van der Waals surface area contributed by atoms with E-state index in [1.165, 1.54) is 19.3 Å². The van der Waals surface area contributed by atoms with E-state index in [0.29, 0.717) is 0 Å². The summed E-state index contributed by atoms with van der Waals surface area (Å²) in [6.07, 6.45) is 3.88. The van der Waals surface area contributed by atoms with E-state index in [0.717, 1.165) is 17.7 Å². The molecule has 1 N–H and O–H groups in total. The molecule has 3 unspecified atom stereocenters. The zero-order chi connectivity index (χ0) is 11.9. The molecular formula is C15H21NS. The number of fused-ring (bicyclic) bond motifs is 2. The number of hydrogen-bond donors (Lipinski definition) is 1. The topological polar surface area (TPSA) is 12.0 Å². The van der Waals surface area contributed by atoms with Crippen molar-refractivity contribution in [2.45, 2.75) is 49.1 Å². The number of thioether (sulfide) groups is 1. The fraction of sp³-hybridized carbons (Fsp3) is 0.600. The predicted molar refractivity (Wildman–Crippen MR) is 75.4 cm³/mol. The summed E-state index contributed by atoms with van der Waals surface area (Å²) >= 11 is 2.14. The van der Waals surface area contributed by atoms with Gasteiger partial charge in [-0.25, -0.2) is 0 Å². The molecule has 1 aromatic carbocycles. The number of nitrogens with one attached hydrogen (secondary N) is 1. The van der Waals surface area contributed by atoms with Crippen LogP contribution in [-0.4, -0.2) is 11.8 Å². The standard InChI is InChI=1S/C15H21NS/c1-11-7-9-15(16-10-8-12(2)17-15)14-6-4-3-5-13(11)14/h3-6,11-12,16H,7-10H2,1-2H3. The zero-order valence-electron chi connectivity index (χ0n) is 10.7. The lowest BCUT2D eigenvalue weighted by atomic mass is 9.80. The first-order valence-electron chi connectivity index (χ1n) is 6.73. The van der Waals surface area contributed by atoms with Crippen LogP contribution in [0.25, 0.3) is 0 Å². The van der Waals surface area contributed by atoms with Crippen LogP contribution in [0.3, 0.4) is 0 Å². The second-order valence-corrected chi connectivity index (χ2v) is 7.24. The highest BCUT2D eigenvalue weighted by Gasteiger charge is 2.41. The molecule has 1 spiro atoms. The summed E-state index contributed by atoms with van der Waals surface area (Å²) in [6, 6.07) is 9.04. The van der Waals surface area contributed by atoms with E-state index < -0.39 is 0 Å². The summed E-state index contributed by atoms with van der Waals surface area (Å²) in [5.41, 5.74) is 3.11. The van der Waals surface area contributed by atoms with Gasteiger partial charge in [0.05, 0.1) is 4.87 Å². The van der Waals surface area contributed by atoms with E-state index in [-0.39, 0.29) is 4.87 Å². The highest BCUT2D eigenvalue weighted by atomic mass is 32.2. The van der Waals surface area contributed by atoms with Gasteiger partial charge in [0.15, 0.2) is 0 Å². The minimum absolute atomic E-state index is 0.209. The van der Waals surface area contributed by atoms with Gasteiger partial charge in [-0.3, -0.25) is 5.32 Å². The predicted octanol–water partition coefficient (Wildman–Crippen LogP) is 3.85. The number of hydrogen-bond acceptors (Lipinski definition) is 2. The van der Waals surface area contributed by atoms with E-state index in [1.54, 1.807) is 11.1 Å². The minimum atomic E-state index is 0.209. The van der Waals surface area contributed by atoms with Crippen molar-refractivity contribution in [1.82, 2.24) is 5.32 Å². The van der Waals surface area contributed by atoms with Gasteiger partial charge in [-0.1, -0.05) is 38.1 Å². The normalized spacial score (nSPS) is 36.8. The van der Waals surface area contributed by atoms with Gasteiger partial charge in [0.2, 0.25) is 0 Å². The second-order valence-electron chi connectivity index (χ2n) is 5.50. The van der Waals surface area contributed by atoms with Gasteiger partial charge in [-0.2, -0.15) is 0 Å². The van der Waals surface area contributed by atoms with Crippen molar-refractivity contribution in [2.24, 2.45) is 0 Å². The van der Waals surface area contributed by atoms with Crippen LogP contribution in [-0.2, 0) is 4.87 Å². The molecule has 1 fully saturated rings. The minimum Gasteiger partial charge on any atom is -0.299 e. The van der Waals surface area contributed by atoms with Crippen LogP contribution in [0.5, 0.6) is 0 Å². The number of benzene rings is 1. The molecule has 3 atom stereocenters. The Morgan fingerprint density at radius 2 is 2.06 bits per heavy atom.